The van der Waals surface area contributed by atoms with Crippen LogP contribution in [0.3, 0.4) is 0 Å². The summed E-state index contributed by atoms with van der Waals surface area (Å²) in [7, 11) is 0. The Kier molecular flexibility index (Phi) is 6.55. The van der Waals surface area contributed by atoms with Crippen LogP contribution >= 0.6 is 0 Å². The number of unbranched alkanes of at least 4 members (excludes halogenated alkanes) is 1. The van der Waals surface area contributed by atoms with Crippen LogP contribution in [-0.4, -0.2) is 33.6 Å². The van der Waals surface area contributed by atoms with Crippen LogP contribution in [0.1, 0.15) is 78.6 Å². The lowest BCUT2D eigenvalue weighted by Gasteiger charge is -2.28. The van der Waals surface area contributed by atoms with Crippen molar-refractivity contribution in [1.29, 1.82) is 0 Å². The molecule has 2 heterocycles. The number of hydrogen-bond acceptors (Lipinski definition) is 4. The van der Waals surface area contributed by atoms with Gasteiger partial charge < -0.3 is 15.6 Å². The van der Waals surface area contributed by atoms with Crippen molar-refractivity contribution in [3.05, 3.63) is 59.2 Å². The number of rotatable bonds is 7. The predicted octanol–water partition coefficient (Wildman–Crippen LogP) is 4.95. The summed E-state index contributed by atoms with van der Waals surface area (Å²) in [6, 6.07) is 6.80. The highest BCUT2D eigenvalue weighted by atomic mass is 16.2. The van der Waals surface area contributed by atoms with Gasteiger partial charge in [-0.1, -0.05) is 45.7 Å². The number of benzene rings is 1. The molecule has 1 aliphatic rings. The molecule has 0 fully saturated rings. The van der Waals surface area contributed by atoms with Gasteiger partial charge in [0.15, 0.2) is 5.78 Å². The number of anilines is 1. The number of amides is 2. The second kappa shape index (κ2) is 9.41. The number of fused-ring (bicyclic) bond motifs is 2. The van der Waals surface area contributed by atoms with Crippen molar-refractivity contribution >= 4 is 34.1 Å². The second-order valence-electron chi connectivity index (χ2n) is 9.98. The lowest BCUT2D eigenvalue weighted by molar-refractivity contribution is -0.118. The van der Waals surface area contributed by atoms with Gasteiger partial charge in [0.25, 0.3) is 5.91 Å². The summed E-state index contributed by atoms with van der Waals surface area (Å²) in [4.78, 5) is 46.5. The van der Waals surface area contributed by atoms with Crippen LogP contribution in [0.15, 0.2) is 36.7 Å². The molecule has 0 spiro atoms. The Labute approximate surface area is 199 Å². The number of H-pyrrole nitrogens is 1. The van der Waals surface area contributed by atoms with Gasteiger partial charge in [0.2, 0.25) is 5.91 Å². The van der Waals surface area contributed by atoms with E-state index in [-0.39, 0.29) is 23.0 Å². The van der Waals surface area contributed by atoms with Crippen LogP contribution in [0.2, 0.25) is 0 Å². The zero-order chi connectivity index (χ0) is 24.5. The molecule has 2 aromatic heterocycles. The SMILES string of the molecule is CCCCC(NC(=O)c1[nH]c2c(c1C)C(=O)CC(C)(C)C2)C(=O)Nc1cccc2cnccc12. The summed E-state index contributed by atoms with van der Waals surface area (Å²) in [6.45, 7) is 7.95. The number of aromatic nitrogens is 2. The lowest BCUT2D eigenvalue weighted by atomic mass is 9.75. The summed E-state index contributed by atoms with van der Waals surface area (Å²) in [6.07, 6.45) is 6.82. The fourth-order valence-electron chi connectivity index (χ4n) is 4.82. The maximum absolute atomic E-state index is 13.3. The Hall–Kier alpha value is -3.48. The summed E-state index contributed by atoms with van der Waals surface area (Å²) >= 11 is 0. The first-order valence-electron chi connectivity index (χ1n) is 11.9. The van der Waals surface area contributed by atoms with Crippen LogP contribution in [0, 0.1) is 12.3 Å². The van der Waals surface area contributed by atoms with E-state index in [1.165, 1.54) is 0 Å². The molecule has 178 valence electrons. The molecule has 0 saturated heterocycles. The van der Waals surface area contributed by atoms with Crippen LogP contribution < -0.4 is 10.6 Å². The molecule has 1 aliphatic carbocycles. The van der Waals surface area contributed by atoms with E-state index < -0.39 is 6.04 Å². The number of hydrogen-bond donors (Lipinski definition) is 3. The van der Waals surface area contributed by atoms with E-state index in [2.05, 4.69) is 34.4 Å². The normalized spacial score (nSPS) is 15.6. The Morgan fingerprint density at radius 1 is 1.21 bits per heavy atom. The molecule has 0 aliphatic heterocycles. The molecule has 0 bridgehead atoms. The lowest BCUT2D eigenvalue weighted by Crippen LogP contribution is -2.44. The maximum atomic E-state index is 13.3. The van der Waals surface area contributed by atoms with Crippen molar-refractivity contribution in [3.8, 4) is 0 Å². The number of nitrogens with zero attached hydrogens (tertiary/aromatic N) is 1. The molecule has 1 aromatic carbocycles. The van der Waals surface area contributed by atoms with Crippen molar-refractivity contribution < 1.29 is 14.4 Å². The summed E-state index contributed by atoms with van der Waals surface area (Å²) in [5, 5.41) is 7.72. The van der Waals surface area contributed by atoms with Gasteiger partial charge in [-0.2, -0.15) is 0 Å². The Balaban J connectivity index is 1.56. The van der Waals surface area contributed by atoms with Crippen molar-refractivity contribution in [1.82, 2.24) is 15.3 Å². The molecule has 0 saturated carbocycles. The standard InChI is InChI=1S/C27H32N4O3/c1-5-6-9-20(25(33)30-19-10-7-8-17-15-28-12-11-18(17)19)31-26(34)24-16(2)23-21(29-24)13-27(3,4)14-22(23)32/h7-8,10-12,15,20,29H,5-6,9,13-14H2,1-4H3,(H,30,33)(H,31,34). The fraction of sp³-hybridized carbons (Fsp3) is 0.407. The summed E-state index contributed by atoms with van der Waals surface area (Å²) in [5.41, 5.74) is 2.99. The number of pyridine rings is 1. The molecule has 34 heavy (non-hydrogen) atoms. The monoisotopic (exact) mass is 460 g/mol. The van der Waals surface area contributed by atoms with Gasteiger partial charge >= 0.3 is 0 Å². The van der Waals surface area contributed by atoms with Gasteiger partial charge in [0.05, 0.1) is 0 Å². The first-order valence-corrected chi connectivity index (χ1v) is 11.9. The quantitative estimate of drug-likeness (QED) is 0.464. The van der Waals surface area contributed by atoms with Crippen LogP contribution in [-0.2, 0) is 11.2 Å². The van der Waals surface area contributed by atoms with E-state index in [4.69, 9.17) is 0 Å². The molecule has 3 aromatic rings. The number of carbonyl (C=O) groups excluding carboxylic acids is 3. The number of Topliss-reactive ketones (excluding diaryl/α,β-unsaturated/α-hetero) is 1. The summed E-state index contributed by atoms with van der Waals surface area (Å²) in [5.74, 6) is -0.571. The van der Waals surface area contributed by atoms with E-state index in [1.54, 1.807) is 19.3 Å². The van der Waals surface area contributed by atoms with Crippen molar-refractivity contribution in [2.75, 3.05) is 5.32 Å². The summed E-state index contributed by atoms with van der Waals surface area (Å²) < 4.78 is 0. The fourth-order valence-corrected chi connectivity index (χ4v) is 4.82. The van der Waals surface area contributed by atoms with Gasteiger partial charge in [-0.15, -0.1) is 0 Å². The van der Waals surface area contributed by atoms with Gasteiger partial charge in [0.1, 0.15) is 11.7 Å². The second-order valence-corrected chi connectivity index (χ2v) is 9.98. The van der Waals surface area contributed by atoms with Crippen molar-refractivity contribution in [2.45, 2.75) is 65.8 Å². The molecule has 4 rings (SSSR count). The minimum Gasteiger partial charge on any atom is -0.354 e. The molecule has 3 N–H and O–H groups in total. The van der Waals surface area contributed by atoms with E-state index in [0.29, 0.717) is 41.8 Å². The number of carbonyl (C=O) groups is 3. The zero-order valence-corrected chi connectivity index (χ0v) is 20.2. The Morgan fingerprint density at radius 2 is 2.00 bits per heavy atom. The van der Waals surface area contributed by atoms with E-state index in [9.17, 15) is 14.4 Å². The highest BCUT2D eigenvalue weighted by Crippen LogP contribution is 2.36. The molecule has 1 atom stereocenters. The maximum Gasteiger partial charge on any atom is 0.268 e. The first kappa shape index (κ1) is 23.7. The molecular formula is C27H32N4O3. The number of aromatic amines is 1. The largest absolute Gasteiger partial charge is 0.354 e. The minimum atomic E-state index is -0.698. The molecule has 2 amide bonds. The third-order valence-electron chi connectivity index (χ3n) is 6.53. The van der Waals surface area contributed by atoms with Gasteiger partial charge in [0, 0.05) is 46.5 Å². The smallest absolute Gasteiger partial charge is 0.268 e. The molecule has 0 radical (unpaired) electrons. The third-order valence-corrected chi connectivity index (χ3v) is 6.53. The topological polar surface area (TPSA) is 104 Å². The molecular weight excluding hydrogens is 428 g/mol. The van der Waals surface area contributed by atoms with E-state index in [1.807, 2.05) is 31.2 Å². The molecule has 7 heteroatoms. The van der Waals surface area contributed by atoms with Crippen molar-refractivity contribution in [2.24, 2.45) is 5.41 Å². The number of nitrogens with one attached hydrogen (secondary N) is 3. The van der Waals surface area contributed by atoms with Gasteiger partial charge in [-0.25, -0.2) is 0 Å². The van der Waals surface area contributed by atoms with Crippen LogP contribution in [0.5, 0.6) is 0 Å². The number of ketones is 1. The van der Waals surface area contributed by atoms with Crippen LogP contribution in [0.4, 0.5) is 5.69 Å². The first-order chi connectivity index (χ1) is 16.2. The van der Waals surface area contributed by atoms with Crippen LogP contribution in [0.25, 0.3) is 10.8 Å². The van der Waals surface area contributed by atoms with Crippen molar-refractivity contribution in [3.63, 3.8) is 0 Å². The average molecular weight is 461 g/mol. The average Bonchev–Trinajstić information content (AvgIpc) is 3.11. The van der Waals surface area contributed by atoms with Gasteiger partial charge in [-0.05, 0) is 42.9 Å². The Morgan fingerprint density at radius 3 is 2.76 bits per heavy atom. The third kappa shape index (κ3) is 4.74. The Bertz CT molecular complexity index is 1250. The molecule has 1 unspecified atom stereocenters. The predicted molar refractivity (Wildman–Crippen MR) is 133 cm³/mol. The van der Waals surface area contributed by atoms with E-state index in [0.717, 1.165) is 29.3 Å². The highest BCUT2D eigenvalue weighted by Gasteiger charge is 2.35. The van der Waals surface area contributed by atoms with Gasteiger partial charge in [-0.3, -0.25) is 19.4 Å². The van der Waals surface area contributed by atoms with E-state index >= 15 is 0 Å². The highest BCUT2D eigenvalue weighted by molar-refractivity contribution is 6.07. The molecule has 7 nitrogen and oxygen atoms in total. The zero-order valence-electron chi connectivity index (χ0n) is 20.2. The minimum absolute atomic E-state index is 0.0600.